The number of benzene rings is 1. The molecule has 25 heavy (non-hydrogen) atoms. The molecule has 2 heterocycles. The van der Waals surface area contributed by atoms with Crippen LogP contribution in [0, 0.1) is 25.2 Å². The molecule has 1 aliphatic rings. The molecule has 6 nitrogen and oxygen atoms in total. The quantitative estimate of drug-likeness (QED) is 0.846. The fraction of sp³-hybridized carbons (Fsp3) is 0.278. The molecule has 0 fully saturated rings. The monoisotopic (exact) mass is 355 g/mol. The summed E-state index contributed by atoms with van der Waals surface area (Å²) >= 11 is 1.27. The molecule has 0 spiro atoms. The Labute approximate surface area is 150 Å². The molecule has 1 aliphatic heterocycles. The summed E-state index contributed by atoms with van der Waals surface area (Å²) in [5.41, 5.74) is 2.83. The van der Waals surface area contributed by atoms with Gasteiger partial charge in [0.2, 0.25) is 12.7 Å². The highest BCUT2D eigenvalue weighted by Gasteiger charge is 2.20. The Balaban J connectivity index is 1.72. The van der Waals surface area contributed by atoms with E-state index in [9.17, 15) is 10.1 Å². The number of pyridine rings is 1. The van der Waals surface area contributed by atoms with E-state index in [-0.39, 0.29) is 12.7 Å². The van der Waals surface area contributed by atoms with Gasteiger partial charge in [0.05, 0.1) is 10.8 Å². The molecule has 3 rings (SSSR count). The van der Waals surface area contributed by atoms with E-state index < -0.39 is 5.25 Å². The van der Waals surface area contributed by atoms with Crippen LogP contribution in [0.1, 0.15) is 23.7 Å². The Bertz CT molecular complexity index is 877. The molecule has 1 N–H and O–H groups in total. The van der Waals surface area contributed by atoms with Gasteiger partial charge in [0, 0.05) is 17.4 Å². The van der Waals surface area contributed by atoms with Gasteiger partial charge in [-0.2, -0.15) is 5.26 Å². The van der Waals surface area contributed by atoms with Crippen molar-refractivity contribution in [2.24, 2.45) is 0 Å². The van der Waals surface area contributed by atoms with Crippen LogP contribution in [-0.4, -0.2) is 22.9 Å². The second kappa shape index (κ2) is 7.03. The molecule has 1 atom stereocenters. The number of carbonyl (C=O) groups excluding carboxylic acids is 1. The van der Waals surface area contributed by atoms with Gasteiger partial charge >= 0.3 is 0 Å². The molecule has 0 aliphatic carbocycles. The van der Waals surface area contributed by atoms with Gasteiger partial charge in [0.15, 0.2) is 11.5 Å². The second-order valence-corrected chi connectivity index (χ2v) is 7.02. The molecule has 0 saturated heterocycles. The van der Waals surface area contributed by atoms with Crippen molar-refractivity contribution in [1.29, 1.82) is 5.26 Å². The van der Waals surface area contributed by atoms with E-state index in [2.05, 4.69) is 16.4 Å². The van der Waals surface area contributed by atoms with Crippen LogP contribution in [-0.2, 0) is 4.79 Å². The first-order chi connectivity index (χ1) is 12.0. The van der Waals surface area contributed by atoms with Crippen LogP contribution in [0.2, 0.25) is 0 Å². The third-order valence-corrected chi connectivity index (χ3v) is 4.81. The van der Waals surface area contributed by atoms with E-state index in [4.69, 9.17) is 9.47 Å². The van der Waals surface area contributed by atoms with E-state index in [0.29, 0.717) is 27.8 Å². The molecule has 7 heteroatoms. The van der Waals surface area contributed by atoms with E-state index in [1.54, 1.807) is 25.1 Å². The Morgan fingerprint density at radius 2 is 2.08 bits per heavy atom. The Morgan fingerprint density at radius 1 is 1.32 bits per heavy atom. The molecule has 0 saturated carbocycles. The van der Waals surface area contributed by atoms with Crippen LogP contribution in [0.3, 0.4) is 0 Å². The lowest BCUT2D eigenvalue weighted by Gasteiger charge is -2.14. The van der Waals surface area contributed by atoms with E-state index >= 15 is 0 Å². The number of anilines is 1. The fourth-order valence-electron chi connectivity index (χ4n) is 2.46. The lowest BCUT2D eigenvalue weighted by atomic mass is 10.1. The van der Waals surface area contributed by atoms with Crippen LogP contribution in [0.15, 0.2) is 29.3 Å². The highest BCUT2D eigenvalue weighted by atomic mass is 32.2. The minimum absolute atomic E-state index is 0.172. The third-order valence-electron chi connectivity index (χ3n) is 3.72. The number of fused-ring (bicyclic) bond motifs is 1. The number of rotatable bonds is 4. The number of amides is 1. The van der Waals surface area contributed by atoms with Gasteiger partial charge in [-0.1, -0.05) is 11.8 Å². The number of thioether (sulfide) groups is 1. The Kier molecular flexibility index (Phi) is 4.81. The van der Waals surface area contributed by atoms with Gasteiger partial charge in [-0.05, 0) is 44.5 Å². The molecule has 2 aromatic rings. The molecule has 1 aromatic heterocycles. The third kappa shape index (κ3) is 3.69. The van der Waals surface area contributed by atoms with Gasteiger partial charge in [-0.3, -0.25) is 4.79 Å². The van der Waals surface area contributed by atoms with Gasteiger partial charge in [0.25, 0.3) is 0 Å². The van der Waals surface area contributed by atoms with Crippen LogP contribution in [0.25, 0.3) is 0 Å². The maximum absolute atomic E-state index is 12.5. The summed E-state index contributed by atoms with van der Waals surface area (Å²) in [6.07, 6.45) is 0. The van der Waals surface area contributed by atoms with Crippen LogP contribution < -0.4 is 14.8 Å². The molecular formula is C18H17N3O3S. The van der Waals surface area contributed by atoms with Crippen LogP contribution in [0.4, 0.5) is 5.69 Å². The number of nitriles is 1. The number of nitrogens with one attached hydrogen (secondary N) is 1. The lowest BCUT2D eigenvalue weighted by Crippen LogP contribution is -2.22. The van der Waals surface area contributed by atoms with Gasteiger partial charge in [0.1, 0.15) is 11.1 Å². The van der Waals surface area contributed by atoms with E-state index in [1.807, 2.05) is 19.9 Å². The van der Waals surface area contributed by atoms with Gasteiger partial charge < -0.3 is 14.8 Å². The van der Waals surface area contributed by atoms with Crippen molar-refractivity contribution in [2.45, 2.75) is 31.0 Å². The van der Waals surface area contributed by atoms with Gasteiger partial charge in [-0.15, -0.1) is 0 Å². The number of nitrogens with zero attached hydrogens (tertiary/aromatic N) is 2. The van der Waals surface area contributed by atoms with Crippen LogP contribution >= 0.6 is 11.8 Å². The summed E-state index contributed by atoms with van der Waals surface area (Å²) in [4.78, 5) is 16.9. The Morgan fingerprint density at radius 3 is 2.84 bits per heavy atom. The number of hydrogen-bond donors (Lipinski definition) is 1. The fourth-order valence-corrected chi connectivity index (χ4v) is 3.48. The second-order valence-electron chi connectivity index (χ2n) is 5.69. The summed E-state index contributed by atoms with van der Waals surface area (Å²) in [5.74, 6) is 1.10. The summed E-state index contributed by atoms with van der Waals surface area (Å²) in [7, 11) is 0. The first-order valence-electron chi connectivity index (χ1n) is 7.73. The van der Waals surface area contributed by atoms with Crippen molar-refractivity contribution >= 4 is 23.4 Å². The molecule has 1 aromatic carbocycles. The van der Waals surface area contributed by atoms with Crippen molar-refractivity contribution in [3.05, 3.63) is 41.1 Å². The largest absolute Gasteiger partial charge is 0.454 e. The van der Waals surface area contributed by atoms with E-state index in [0.717, 1.165) is 11.3 Å². The smallest absolute Gasteiger partial charge is 0.237 e. The predicted molar refractivity (Wildman–Crippen MR) is 94.9 cm³/mol. The van der Waals surface area contributed by atoms with Crippen molar-refractivity contribution in [3.8, 4) is 17.6 Å². The number of ether oxygens (including phenoxy) is 2. The molecule has 0 radical (unpaired) electrons. The standard InChI is InChI=1S/C18H17N3O3S/c1-10-6-11(2)20-18(14(10)8-19)25-12(3)17(22)21-13-4-5-15-16(7-13)24-9-23-15/h4-7,12H,9H2,1-3H3,(H,21,22)/t12-/m0/s1. The zero-order chi connectivity index (χ0) is 18.0. The summed E-state index contributed by atoms with van der Waals surface area (Å²) < 4.78 is 10.6. The SMILES string of the molecule is Cc1cc(C)c(C#N)c(S[C@@H](C)C(=O)Nc2ccc3c(c2)OCO3)n1. The average Bonchev–Trinajstić information content (AvgIpc) is 3.02. The number of aryl methyl sites for hydroxylation is 2. The summed E-state index contributed by atoms with van der Waals surface area (Å²) in [5, 5.41) is 12.4. The minimum Gasteiger partial charge on any atom is -0.454 e. The molecule has 0 unspecified atom stereocenters. The summed E-state index contributed by atoms with van der Waals surface area (Å²) in [6.45, 7) is 5.71. The first-order valence-corrected chi connectivity index (χ1v) is 8.61. The van der Waals surface area contributed by atoms with Crippen molar-refractivity contribution in [1.82, 2.24) is 4.98 Å². The maximum atomic E-state index is 12.5. The van der Waals surface area contributed by atoms with E-state index in [1.165, 1.54) is 11.8 Å². The first kappa shape index (κ1) is 17.1. The predicted octanol–water partition coefficient (Wildman–Crippen LogP) is 3.42. The minimum atomic E-state index is -0.411. The topological polar surface area (TPSA) is 84.2 Å². The normalized spacial score (nSPS) is 13.2. The summed E-state index contributed by atoms with van der Waals surface area (Å²) in [6, 6.07) is 9.28. The van der Waals surface area contributed by atoms with Crippen molar-refractivity contribution < 1.29 is 14.3 Å². The van der Waals surface area contributed by atoms with Crippen molar-refractivity contribution in [3.63, 3.8) is 0 Å². The average molecular weight is 355 g/mol. The highest BCUT2D eigenvalue weighted by Crippen LogP contribution is 2.34. The number of carbonyl (C=O) groups is 1. The molecule has 128 valence electrons. The molecular weight excluding hydrogens is 338 g/mol. The van der Waals surface area contributed by atoms with Crippen LogP contribution in [0.5, 0.6) is 11.5 Å². The molecule has 1 amide bonds. The molecule has 0 bridgehead atoms. The lowest BCUT2D eigenvalue weighted by molar-refractivity contribution is -0.115. The maximum Gasteiger partial charge on any atom is 0.237 e. The highest BCUT2D eigenvalue weighted by molar-refractivity contribution is 8.00. The Hall–Kier alpha value is -2.72. The zero-order valence-electron chi connectivity index (χ0n) is 14.1. The van der Waals surface area contributed by atoms with Crippen molar-refractivity contribution in [2.75, 3.05) is 12.1 Å². The van der Waals surface area contributed by atoms with Gasteiger partial charge in [-0.25, -0.2) is 4.98 Å². The zero-order valence-corrected chi connectivity index (χ0v) is 14.9. The number of aromatic nitrogens is 1. The number of hydrogen-bond acceptors (Lipinski definition) is 6.